The van der Waals surface area contributed by atoms with Crippen LogP contribution in [-0.2, 0) is 26.2 Å². The lowest BCUT2D eigenvalue weighted by atomic mass is 10.1. The first-order chi connectivity index (χ1) is 18.6. The lowest BCUT2D eigenvalue weighted by Gasteiger charge is -2.33. The molecule has 0 unspecified atom stereocenters. The van der Waals surface area contributed by atoms with Crippen LogP contribution in [0.4, 0.5) is 5.69 Å². The molecule has 3 aromatic rings. The number of anilines is 1. The van der Waals surface area contributed by atoms with Crippen LogP contribution in [0.1, 0.15) is 49.9 Å². The lowest BCUT2D eigenvalue weighted by molar-refractivity contribution is -0.140. The Morgan fingerprint density at radius 1 is 0.900 bits per heavy atom. The molecule has 0 heterocycles. The van der Waals surface area contributed by atoms with Gasteiger partial charge < -0.3 is 10.2 Å². The van der Waals surface area contributed by atoms with E-state index < -0.39 is 34.1 Å². The molecular formula is C31H38ClN3O4S. The van der Waals surface area contributed by atoms with E-state index in [1.54, 1.807) is 55.5 Å². The van der Waals surface area contributed by atoms with E-state index in [1.807, 2.05) is 47.6 Å². The summed E-state index contributed by atoms with van der Waals surface area (Å²) >= 11 is 6.42. The van der Waals surface area contributed by atoms with Crippen molar-refractivity contribution in [2.75, 3.05) is 10.8 Å². The van der Waals surface area contributed by atoms with Crippen LogP contribution in [0.3, 0.4) is 0 Å². The molecule has 0 bridgehead atoms. The summed E-state index contributed by atoms with van der Waals surface area (Å²) in [5, 5.41) is 3.36. The molecule has 0 aliphatic carbocycles. The number of carbonyl (C=O) groups excluding carboxylic acids is 2. The van der Waals surface area contributed by atoms with Crippen molar-refractivity contribution in [2.45, 2.75) is 71.5 Å². The van der Waals surface area contributed by atoms with Crippen molar-refractivity contribution in [2.24, 2.45) is 0 Å². The second-order valence-electron chi connectivity index (χ2n) is 11.2. The standard InChI is InChI=1S/C31H38ClN3O4S/c1-21-12-14-27(15-13-21)40(38,39)35(26-17-22(2)16-23(3)18-26)20-29(36)34(19-25-10-8-9-11-28(25)32)24(4)30(37)33-31(5,6)7/h8-18,24H,19-20H2,1-7H3,(H,33,37)/t24-/m0/s1. The molecule has 1 atom stereocenters. The van der Waals surface area contributed by atoms with Crippen LogP contribution in [0.5, 0.6) is 0 Å². The smallest absolute Gasteiger partial charge is 0.264 e. The highest BCUT2D eigenvalue weighted by Crippen LogP contribution is 2.27. The first-order valence-corrected chi connectivity index (χ1v) is 14.9. The van der Waals surface area contributed by atoms with Crippen molar-refractivity contribution in [3.05, 3.63) is 94.0 Å². The van der Waals surface area contributed by atoms with Crippen molar-refractivity contribution in [3.8, 4) is 0 Å². The van der Waals surface area contributed by atoms with Gasteiger partial charge in [-0.25, -0.2) is 8.42 Å². The van der Waals surface area contributed by atoms with Crippen LogP contribution in [0.25, 0.3) is 0 Å². The molecule has 0 aliphatic rings. The maximum absolute atomic E-state index is 14.1. The molecule has 0 aromatic heterocycles. The number of hydrogen-bond acceptors (Lipinski definition) is 4. The third kappa shape index (κ3) is 7.86. The van der Waals surface area contributed by atoms with Gasteiger partial charge in [-0.3, -0.25) is 13.9 Å². The minimum Gasteiger partial charge on any atom is -0.350 e. The fourth-order valence-corrected chi connectivity index (χ4v) is 5.92. The molecule has 40 heavy (non-hydrogen) atoms. The highest BCUT2D eigenvalue weighted by molar-refractivity contribution is 7.92. The highest BCUT2D eigenvalue weighted by atomic mass is 35.5. The summed E-state index contributed by atoms with van der Waals surface area (Å²) in [5.41, 5.74) is 3.13. The zero-order chi connectivity index (χ0) is 29.8. The molecule has 7 nitrogen and oxygen atoms in total. The van der Waals surface area contributed by atoms with Crippen molar-refractivity contribution in [1.82, 2.24) is 10.2 Å². The zero-order valence-electron chi connectivity index (χ0n) is 24.2. The number of carbonyl (C=O) groups is 2. The number of halogens is 1. The number of rotatable bonds is 9. The van der Waals surface area contributed by atoms with Gasteiger partial charge in [0.2, 0.25) is 11.8 Å². The first kappa shape index (κ1) is 31.2. The average Bonchev–Trinajstić information content (AvgIpc) is 2.84. The van der Waals surface area contributed by atoms with E-state index in [9.17, 15) is 18.0 Å². The number of sulfonamides is 1. The highest BCUT2D eigenvalue weighted by Gasteiger charge is 2.33. The van der Waals surface area contributed by atoms with Crippen LogP contribution < -0.4 is 9.62 Å². The first-order valence-electron chi connectivity index (χ1n) is 13.1. The average molecular weight is 584 g/mol. The maximum Gasteiger partial charge on any atom is 0.264 e. The summed E-state index contributed by atoms with van der Waals surface area (Å²) in [5.74, 6) is -0.890. The third-order valence-corrected chi connectivity index (χ3v) is 8.50. The van der Waals surface area contributed by atoms with E-state index >= 15 is 0 Å². The minimum atomic E-state index is -4.13. The topological polar surface area (TPSA) is 86.8 Å². The van der Waals surface area contributed by atoms with E-state index in [0.29, 0.717) is 16.3 Å². The normalized spacial score (nSPS) is 12.5. The van der Waals surface area contributed by atoms with Crippen molar-refractivity contribution in [1.29, 1.82) is 0 Å². The lowest BCUT2D eigenvalue weighted by Crippen LogP contribution is -2.54. The third-order valence-electron chi connectivity index (χ3n) is 6.35. The van der Waals surface area contributed by atoms with Gasteiger partial charge in [0.25, 0.3) is 10.0 Å². The predicted octanol–water partition coefficient (Wildman–Crippen LogP) is 5.79. The summed E-state index contributed by atoms with van der Waals surface area (Å²) in [6, 6.07) is 18.1. The monoisotopic (exact) mass is 583 g/mol. The SMILES string of the molecule is Cc1ccc(S(=O)(=O)N(CC(=O)N(Cc2ccccc2Cl)[C@@H](C)C(=O)NC(C)(C)C)c2cc(C)cc(C)c2)cc1. The molecule has 0 saturated heterocycles. The zero-order valence-corrected chi connectivity index (χ0v) is 25.7. The van der Waals surface area contributed by atoms with Gasteiger partial charge in [-0.15, -0.1) is 0 Å². The van der Waals surface area contributed by atoms with E-state index in [2.05, 4.69) is 5.32 Å². The molecule has 0 aliphatic heterocycles. The molecule has 2 amide bonds. The molecule has 3 rings (SSSR count). The van der Waals surface area contributed by atoms with Crippen molar-refractivity contribution >= 4 is 39.1 Å². The fourth-order valence-electron chi connectivity index (χ4n) is 4.33. The van der Waals surface area contributed by atoms with Crippen LogP contribution in [0, 0.1) is 20.8 Å². The summed E-state index contributed by atoms with van der Waals surface area (Å²) < 4.78 is 29.1. The van der Waals surface area contributed by atoms with Gasteiger partial charge in [0.1, 0.15) is 12.6 Å². The van der Waals surface area contributed by atoms with Gasteiger partial charge in [-0.1, -0.05) is 53.6 Å². The second-order valence-corrected chi connectivity index (χ2v) is 13.5. The van der Waals surface area contributed by atoms with Crippen LogP contribution in [0.15, 0.2) is 71.6 Å². The molecule has 0 spiro atoms. The molecular weight excluding hydrogens is 546 g/mol. The Bertz CT molecular complexity index is 1460. The Balaban J connectivity index is 2.08. The second kappa shape index (κ2) is 12.4. The predicted molar refractivity (Wildman–Crippen MR) is 161 cm³/mol. The van der Waals surface area contributed by atoms with Crippen molar-refractivity contribution in [3.63, 3.8) is 0 Å². The number of nitrogens with one attached hydrogen (secondary N) is 1. The van der Waals surface area contributed by atoms with Gasteiger partial charge in [0, 0.05) is 17.1 Å². The number of hydrogen-bond donors (Lipinski definition) is 1. The van der Waals surface area contributed by atoms with Crippen LogP contribution in [0.2, 0.25) is 5.02 Å². The Kier molecular flexibility index (Phi) is 9.69. The quantitative estimate of drug-likeness (QED) is 0.345. The fraction of sp³-hybridized carbons (Fsp3) is 0.355. The van der Waals surface area contributed by atoms with Crippen LogP contribution in [-0.4, -0.2) is 43.3 Å². The molecule has 0 radical (unpaired) electrons. The Morgan fingerprint density at radius 2 is 1.48 bits per heavy atom. The molecule has 9 heteroatoms. The number of nitrogens with zero attached hydrogens (tertiary/aromatic N) is 2. The van der Waals surface area contributed by atoms with Crippen molar-refractivity contribution < 1.29 is 18.0 Å². The summed E-state index contributed by atoms with van der Waals surface area (Å²) in [7, 11) is -4.13. The Morgan fingerprint density at radius 3 is 2.02 bits per heavy atom. The van der Waals surface area contributed by atoms with E-state index in [4.69, 9.17) is 11.6 Å². The van der Waals surface area contributed by atoms with Crippen LogP contribution >= 0.6 is 11.6 Å². The molecule has 214 valence electrons. The number of aryl methyl sites for hydroxylation is 3. The maximum atomic E-state index is 14.1. The van der Waals surface area contributed by atoms with E-state index in [-0.39, 0.29) is 17.3 Å². The van der Waals surface area contributed by atoms with Gasteiger partial charge >= 0.3 is 0 Å². The summed E-state index contributed by atoms with van der Waals surface area (Å²) in [6.45, 7) is 12.3. The molecule has 3 aromatic carbocycles. The van der Waals surface area contributed by atoms with E-state index in [1.165, 1.54) is 17.0 Å². The van der Waals surface area contributed by atoms with Gasteiger partial charge in [0.15, 0.2) is 0 Å². The number of benzene rings is 3. The summed E-state index contributed by atoms with van der Waals surface area (Å²) in [6.07, 6.45) is 0. The summed E-state index contributed by atoms with van der Waals surface area (Å²) in [4.78, 5) is 28.7. The molecule has 0 saturated carbocycles. The van der Waals surface area contributed by atoms with Gasteiger partial charge in [0.05, 0.1) is 10.6 Å². The van der Waals surface area contributed by atoms with Gasteiger partial charge in [-0.05, 0) is 95.5 Å². The molecule has 1 N–H and O–H groups in total. The minimum absolute atomic E-state index is 0.0303. The molecule has 0 fully saturated rings. The largest absolute Gasteiger partial charge is 0.350 e. The Labute approximate surface area is 243 Å². The van der Waals surface area contributed by atoms with E-state index in [0.717, 1.165) is 21.0 Å². The van der Waals surface area contributed by atoms with Gasteiger partial charge in [-0.2, -0.15) is 0 Å². The number of amides is 2. The Hall–Kier alpha value is -3.36.